The minimum absolute atomic E-state index is 0. The summed E-state index contributed by atoms with van der Waals surface area (Å²) in [4.78, 5) is 23.9. The number of carbonyl (C=O) groups is 1. The maximum Gasteiger partial charge on any atom is 0.251 e. The molecule has 0 saturated heterocycles. The molecule has 0 aliphatic rings. The minimum Gasteiger partial charge on any atom is -0.356 e. The molecule has 7 nitrogen and oxygen atoms in total. The molecule has 4 N–H and O–H groups in total. The number of imidazole rings is 1. The molecule has 154 valence electrons. The second-order valence-electron chi connectivity index (χ2n) is 6.41. The fourth-order valence-electron chi connectivity index (χ4n) is 2.98. The average Bonchev–Trinajstić information content (AvgIpc) is 3.15. The number of fused-ring (bicyclic) bond motifs is 1. The van der Waals surface area contributed by atoms with Crippen molar-refractivity contribution < 1.29 is 4.79 Å². The summed E-state index contributed by atoms with van der Waals surface area (Å²) in [6.45, 7) is 1.45. The van der Waals surface area contributed by atoms with E-state index in [1.54, 1.807) is 14.1 Å². The predicted octanol–water partition coefficient (Wildman–Crippen LogP) is 2.49. The molecule has 0 atom stereocenters. The van der Waals surface area contributed by atoms with Gasteiger partial charge in [0.05, 0.1) is 11.0 Å². The number of aromatic nitrogens is 2. The van der Waals surface area contributed by atoms with Gasteiger partial charge < -0.3 is 20.9 Å². The van der Waals surface area contributed by atoms with Crippen molar-refractivity contribution >= 4 is 46.9 Å². The monoisotopic (exact) mass is 506 g/mol. The van der Waals surface area contributed by atoms with Crippen molar-refractivity contribution in [1.82, 2.24) is 25.9 Å². The number of rotatable bonds is 7. The predicted molar refractivity (Wildman–Crippen MR) is 128 cm³/mol. The van der Waals surface area contributed by atoms with Crippen LogP contribution in [-0.4, -0.2) is 49.0 Å². The van der Waals surface area contributed by atoms with Crippen LogP contribution in [0.5, 0.6) is 0 Å². The molecule has 29 heavy (non-hydrogen) atoms. The Labute approximate surface area is 187 Å². The molecule has 0 fully saturated rings. The van der Waals surface area contributed by atoms with Crippen molar-refractivity contribution in [2.24, 2.45) is 4.99 Å². The van der Waals surface area contributed by atoms with Crippen molar-refractivity contribution in [3.8, 4) is 0 Å². The maximum absolute atomic E-state index is 11.7. The maximum atomic E-state index is 11.7. The number of halogens is 1. The van der Waals surface area contributed by atoms with Gasteiger partial charge in [-0.3, -0.25) is 9.79 Å². The Bertz CT molecular complexity index is 935. The smallest absolute Gasteiger partial charge is 0.251 e. The van der Waals surface area contributed by atoms with Crippen LogP contribution in [0.4, 0.5) is 0 Å². The van der Waals surface area contributed by atoms with E-state index in [1.807, 2.05) is 48.5 Å². The Morgan fingerprint density at radius 2 is 1.83 bits per heavy atom. The van der Waals surface area contributed by atoms with Gasteiger partial charge in [0.2, 0.25) is 0 Å². The van der Waals surface area contributed by atoms with Crippen LogP contribution in [-0.2, 0) is 12.8 Å². The number of hydrogen-bond donors (Lipinski definition) is 4. The van der Waals surface area contributed by atoms with Crippen molar-refractivity contribution in [2.45, 2.75) is 12.8 Å². The van der Waals surface area contributed by atoms with Crippen molar-refractivity contribution in [1.29, 1.82) is 0 Å². The van der Waals surface area contributed by atoms with Crippen molar-refractivity contribution in [3.05, 3.63) is 65.5 Å². The van der Waals surface area contributed by atoms with E-state index in [4.69, 9.17) is 0 Å². The Morgan fingerprint density at radius 3 is 2.55 bits per heavy atom. The molecule has 1 heterocycles. The van der Waals surface area contributed by atoms with Crippen molar-refractivity contribution in [2.75, 3.05) is 27.2 Å². The zero-order valence-corrected chi connectivity index (χ0v) is 19.0. The summed E-state index contributed by atoms with van der Waals surface area (Å²) in [6.07, 6.45) is 1.58. The van der Waals surface area contributed by atoms with Crippen LogP contribution in [0, 0.1) is 0 Å². The second kappa shape index (κ2) is 11.4. The van der Waals surface area contributed by atoms with Gasteiger partial charge in [-0.15, -0.1) is 24.0 Å². The highest BCUT2D eigenvalue weighted by atomic mass is 127. The molecular weight excluding hydrogens is 479 g/mol. The van der Waals surface area contributed by atoms with E-state index >= 15 is 0 Å². The second-order valence-corrected chi connectivity index (χ2v) is 6.41. The lowest BCUT2D eigenvalue weighted by atomic mass is 10.1. The number of aliphatic imine (C=N–C) groups is 1. The highest BCUT2D eigenvalue weighted by molar-refractivity contribution is 14.0. The average molecular weight is 506 g/mol. The molecule has 0 aliphatic heterocycles. The Hall–Kier alpha value is -2.62. The van der Waals surface area contributed by atoms with Crippen LogP contribution in [0.2, 0.25) is 0 Å². The zero-order chi connectivity index (χ0) is 19.8. The topological polar surface area (TPSA) is 94.2 Å². The van der Waals surface area contributed by atoms with E-state index in [1.165, 1.54) is 0 Å². The molecule has 3 rings (SSSR count). The molecule has 1 amide bonds. The van der Waals surface area contributed by atoms with Gasteiger partial charge in [-0.05, 0) is 36.2 Å². The van der Waals surface area contributed by atoms with Gasteiger partial charge in [-0.25, -0.2) is 4.98 Å². The normalized spacial score (nSPS) is 11.0. The fourth-order valence-corrected chi connectivity index (χ4v) is 2.98. The summed E-state index contributed by atoms with van der Waals surface area (Å²) in [5.41, 5.74) is 3.82. The SMILES string of the molecule is CN=C(NCCc1cccc(C(=O)NC)c1)NCCc1nc2ccccc2[nH]1.I. The summed E-state index contributed by atoms with van der Waals surface area (Å²) in [7, 11) is 3.39. The van der Waals surface area contributed by atoms with Crippen LogP contribution in [0.1, 0.15) is 21.7 Å². The molecule has 8 heteroatoms. The summed E-state index contributed by atoms with van der Waals surface area (Å²) in [5.74, 6) is 1.63. The van der Waals surface area contributed by atoms with Crippen LogP contribution >= 0.6 is 24.0 Å². The number of carbonyl (C=O) groups excluding carboxylic acids is 1. The Balaban J connectivity index is 0.00000300. The molecule has 0 unspecified atom stereocenters. The van der Waals surface area contributed by atoms with E-state index < -0.39 is 0 Å². The quantitative estimate of drug-likeness (QED) is 0.225. The first kappa shape index (κ1) is 22.7. The minimum atomic E-state index is -0.0714. The number of nitrogens with one attached hydrogen (secondary N) is 4. The fraction of sp³-hybridized carbons (Fsp3) is 0.286. The van der Waals surface area contributed by atoms with Crippen LogP contribution in [0.25, 0.3) is 11.0 Å². The first-order valence-electron chi connectivity index (χ1n) is 9.39. The largest absolute Gasteiger partial charge is 0.356 e. The van der Waals surface area contributed by atoms with E-state index in [9.17, 15) is 4.79 Å². The summed E-state index contributed by atoms with van der Waals surface area (Å²) < 4.78 is 0. The molecular formula is C21H27IN6O. The van der Waals surface area contributed by atoms with Gasteiger partial charge in [-0.1, -0.05) is 24.3 Å². The lowest BCUT2D eigenvalue weighted by Gasteiger charge is -2.11. The summed E-state index contributed by atoms with van der Waals surface area (Å²) in [5, 5.41) is 9.25. The standard InChI is InChI=1S/C21H26N6O.HI/c1-22-20(28)16-7-5-6-15(14-16)10-12-24-21(23-2)25-13-11-19-26-17-8-3-4-9-18(17)27-19;/h3-9,14H,10-13H2,1-2H3,(H,22,28)(H,26,27)(H2,23,24,25);1H. The van der Waals surface area contributed by atoms with Crippen LogP contribution in [0.3, 0.4) is 0 Å². The number of amides is 1. The third kappa shape index (κ3) is 6.45. The molecule has 0 bridgehead atoms. The lowest BCUT2D eigenvalue weighted by molar-refractivity contribution is 0.0963. The highest BCUT2D eigenvalue weighted by Crippen LogP contribution is 2.10. The van der Waals surface area contributed by atoms with E-state index in [0.717, 1.165) is 54.3 Å². The Morgan fingerprint density at radius 1 is 1.07 bits per heavy atom. The number of H-pyrrole nitrogens is 1. The first-order valence-corrected chi connectivity index (χ1v) is 9.39. The highest BCUT2D eigenvalue weighted by Gasteiger charge is 2.05. The van der Waals surface area contributed by atoms with Gasteiger partial charge in [0.1, 0.15) is 5.82 Å². The molecule has 0 radical (unpaired) electrons. The Kier molecular flexibility index (Phi) is 8.91. The van der Waals surface area contributed by atoms with Gasteiger partial charge in [0, 0.05) is 39.2 Å². The third-order valence-corrected chi connectivity index (χ3v) is 4.44. The molecule has 0 aliphatic carbocycles. The van der Waals surface area contributed by atoms with E-state index in [-0.39, 0.29) is 29.9 Å². The van der Waals surface area contributed by atoms with Gasteiger partial charge in [0.25, 0.3) is 5.91 Å². The number of guanidine groups is 1. The molecule has 0 saturated carbocycles. The van der Waals surface area contributed by atoms with Crippen LogP contribution in [0.15, 0.2) is 53.5 Å². The van der Waals surface area contributed by atoms with Gasteiger partial charge in [0.15, 0.2) is 5.96 Å². The first-order chi connectivity index (χ1) is 13.7. The lowest BCUT2D eigenvalue weighted by Crippen LogP contribution is -2.39. The number of hydrogen-bond acceptors (Lipinski definition) is 3. The number of nitrogens with zero attached hydrogens (tertiary/aromatic N) is 2. The molecule has 2 aromatic carbocycles. The number of aromatic amines is 1. The van der Waals surface area contributed by atoms with E-state index in [2.05, 4.69) is 30.9 Å². The zero-order valence-electron chi connectivity index (χ0n) is 16.7. The van der Waals surface area contributed by atoms with Gasteiger partial charge in [-0.2, -0.15) is 0 Å². The third-order valence-electron chi connectivity index (χ3n) is 4.44. The van der Waals surface area contributed by atoms with Gasteiger partial charge >= 0.3 is 0 Å². The van der Waals surface area contributed by atoms with E-state index in [0.29, 0.717) is 5.56 Å². The number of benzene rings is 2. The molecule has 1 aromatic heterocycles. The number of para-hydroxylation sites is 2. The molecule has 3 aromatic rings. The molecule has 0 spiro atoms. The van der Waals surface area contributed by atoms with Crippen LogP contribution < -0.4 is 16.0 Å². The van der Waals surface area contributed by atoms with Crippen molar-refractivity contribution in [3.63, 3.8) is 0 Å². The summed E-state index contributed by atoms with van der Waals surface area (Å²) in [6, 6.07) is 15.7. The summed E-state index contributed by atoms with van der Waals surface area (Å²) >= 11 is 0.